The number of methoxy groups -OCH3 is 2. The quantitative estimate of drug-likeness (QED) is 0.931. The van der Waals surface area contributed by atoms with Crippen molar-refractivity contribution in [2.45, 2.75) is 26.3 Å². The number of benzene rings is 1. The lowest BCUT2D eigenvalue weighted by molar-refractivity contribution is 0.399. The van der Waals surface area contributed by atoms with Crippen LogP contribution in [0.25, 0.3) is 5.69 Å². The van der Waals surface area contributed by atoms with E-state index in [9.17, 15) is 4.79 Å². The molecule has 0 aliphatic heterocycles. The first-order chi connectivity index (χ1) is 10.3. The fourth-order valence-corrected chi connectivity index (χ4v) is 2.20. The van der Waals surface area contributed by atoms with Gasteiger partial charge in [0.15, 0.2) is 0 Å². The second-order valence-electron chi connectivity index (χ2n) is 5.67. The van der Waals surface area contributed by atoms with E-state index in [1.165, 1.54) is 6.07 Å². The van der Waals surface area contributed by atoms with Gasteiger partial charge in [0, 0.05) is 17.8 Å². The summed E-state index contributed by atoms with van der Waals surface area (Å²) in [7, 11) is 3.17. The molecule has 0 bridgehead atoms. The lowest BCUT2D eigenvalue weighted by atomic mass is 10.0. The summed E-state index contributed by atoms with van der Waals surface area (Å²) in [5.41, 5.74) is 6.70. The van der Waals surface area contributed by atoms with Crippen LogP contribution in [0.5, 0.6) is 11.5 Å². The van der Waals surface area contributed by atoms with E-state index in [0.717, 1.165) is 0 Å². The van der Waals surface area contributed by atoms with E-state index in [-0.39, 0.29) is 5.43 Å². The van der Waals surface area contributed by atoms with Gasteiger partial charge in [-0.05, 0) is 32.9 Å². The van der Waals surface area contributed by atoms with Crippen molar-refractivity contribution >= 4 is 0 Å². The van der Waals surface area contributed by atoms with Gasteiger partial charge in [0.2, 0.25) is 5.43 Å². The molecule has 0 amide bonds. The number of aromatic nitrogens is 2. The van der Waals surface area contributed by atoms with Gasteiger partial charge in [-0.15, -0.1) is 0 Å². The second kappa shape index (κ2) is 5.81. The van der Waals surface area contributed by atoms with Crippen LogP contribution in [0.15, 0.2) is 29.1 Å². The Morgan fingerprint density at radius 1 is 1.18 bits per heavy atom. The van der Waals surface area contributed by atoms with Crippen LogP contribution in [0.2, 0.25) is 0 Å². The molecule has 0 aliphatic carbocycles. The first-order valence-electron chi connectivity index (χ1n) is 6.90. The molecule has 2 aromatic rings. The van der Waals surface area contributed by atoms with E-state index >= 15 is 0 Å². The SMILES string of the molecule is COc1ccc(OC)c(-n2nc(C(C)(C)N)c(=O)cc2C)c1. The maximum Gasteiger partial charge on any atom is 0.205 e. The van der Waals surface area contributed by atoms with Gasteiger partial charge in [0.1, 0.15) is 22.9 Å². The zero-order chi connectivity index (χ0) is 16.5. The Balaban J connectivity index is 2.75. The largest absolute Gasteiger partial charge is 0.497 e. The molecule has 118 valence electrons. The summed E-state index contributed by atoms with van der Waals surface area (Å²) in [4.78, 5) is 12.1. The molecule has 0 atom stereocenters. The van der Waals surface area contributed by atoms with Gasteiger partial charge in [-0.25, -0.2) is 4.68 Å². The summed E-state index contributed by atoms with van der Waals surface area (Å²) in [6.07, 6.45) is 0. The minimum absolute atomic E-state index is 0.178. The number of nitrogens with zero attached hydrogens (tertiary/aromatic N) is 2. The van der Waals surface area contributed by atoms with E-state index in [4.69, 9.17) is 15.2 Å². The summed E-state index contributed by atoms with van der Waals surface area (Å²) in [6, 6.07) is 6.92. The van der Waals surface area contributed by atoms with E-state index in [1.807, 2.05) is 0 Å². The Morgan fingerprint density at radius 2 is 1.86 bits per heavy atom. The van der Waals surface area contributed by atoms with Gasteiger partial charge in [-0.2, -0.15) is 5.10 Å². The highest BCUT2D eigenvalue weighted by molar-refractivity contribution is 5.51. The molecule has 0 fully saturated rings. The molecular weight excluding hydrogens is 282 g/mol. The zero-order valence-corrected chi connectivity index (χ0v) is 13.5. The highest BCUT2D eigenvalue weighted by atomic mass is 16.5. The third-order valence-corrected chi connectivity index (χ3v) is 3.33. The molecule has 0 saturated heterocycles. The Labute approximate surface area is 129 Å². The van der Waals surface area contributed by atoms with Crippen LogP contribution in [-0.2, 0) is 5.54 Å². The second-order valence-corrected chi connectivity index (χ2v) is 5.67. The van der Waals surface area contributed by atoms with Crippen molar-refractivity contribution in [2.75, 3.05) is 14.2 Å². The maximum absolute atomic E-state index is 12.1. The predicted octanol–water partition coefficient (Wildman–Crippen LogP) is 1.75. The van der Waals surface area contributed by atoms with Crippen LogP contribution < -0.4 is 20.6 Å². The number of hydrogen-bond acceptors (Lipinski definition) is 5. The Kier molecular flexibility index (Phi) is 4.23. The van der Waals surface area contributed by atoms with Crippen LogP contribution in [-0.4, -0.2) is 24.0 Å². The van der Waals surface area contributed by atoms with Crippen molar-refractivity contribution in [2.24, 2.45) is 5.73 Å². The number of hydrogen-bond donors (Lipinski definition) is 1. The van der Waals surface area contributed by atoms with E-state index in [2.05, 4.69) is 5.10 Å². The van der Waals surface area contributed by atoms with Crippen molar-refractivity contribution in [1.82, 2.24) is 9.78 Å². The molecule has 22 heavy (non-hydrogen) atoms. The van der Waals surface area contributed by atoms with E-state index in [0.29, 0.717) is 28.6 Å². The van der Waals surface area contributed by atoms with Crippen molar-refractivity contribution in [3.8, 4) is 17.2 Å². The standard InChI is InChI=1S/C16H21N3O3/c1-10-8-13(20)15(16(2,3)17)18-19(10)12-9-11(21-4)6-7-14(12)22-5/h6-9H,17H2,1-5H3. The average molecular weight is 303 g/mol. The fraction of sp³-hybridized carbons (Fsp3) is 0.375. The molecule has 2 N–H and O–H groups in total. The number of rotatable bonds is 4. The normalized spacial score (nSPS) is 11.4. The molecule has 6 heteroatoms. The molecule has 1 heterocycles. The highest BCUT2D eigenvalue weighted by Crippen LogP contribution is 2.28. The average Bonchev–Trinajstić information content (AvgIpc) is 2.45. The summed E-state index contributed by atoms with van der Waals surface area (Å²) in [5, 5.41) is 4.44. The van der Waals surface area contributed by atoms with E-state index in [1.54, 1.807) is 57.9 Å². The van der Waals surface area contributed by atoms with Gasteiger partial charge in [-0.3, -0.25) is 4.79 Å². The Hall–Kier alpha value is -2.34. The third kappa shape index (κ3) is 2.96. The minimum atomic E-state index is -0.835. The van der Waals surface area contributed by atoms with Crippen molar-refractivity contribution < 1.29 is 9.47 Å². The smallest absolute Gasteiger partial charge is 0.205 e. The predicted molar refractivity (Wildman–Crippen MR) is 84.9 cm³/mol. The first kappa shape index (κ1) is 16.0. The minimum Gasteiger partial charge on any atom is -0.497 e. The maximum atomic E-state index is 12.1. The summed E-state index contributed by atoms with van der Waals surface area (Å²) in [6.45, 7) is 5.30. The van der Waals surface area contributed by atoms with Crippen LogP contribution in [0.1, 0.15) is 25.2 Å². The number of aryl methyl sites for hydroxylation is 1. The summed E-state index contributed by atoms with van der Waals surface area (Å²) in [5.74, 6) is 1.30. The molecule has 0 saturated carbocycles. The lowest BCUT2D eigenvalue weighted by Gasteiger charge is -2.20. The van der Waals surface area contributed by atoms with Gasteiger partial charge >= 0.3 is 0 Å². The zero-order valence-electron chi connectivity index (χ0n) is 13.5. The molecule has 0 radical (unpaired) electrons. The Morgan fingerprint density at radius 3 is 2.41 bits per heavy atom. The van der Waals surface area contributed by atoms with Crippen molar-refractivity contribution in [3.05, 3.63) is 45.9 Å². The third-order valence-electron chi connectivity index (χ3n) is 3.33. The van der Waals surface area contributed by atoms with Gasteiger partial charge in [0.05, 0.1) is 19.8 Å². The number of nitrogens with two attached hydrogens (primary N) is 1. The van der Waals surface area contributed by atoms with Gasteiger partial charge < -0.3 is 15.2 Å². The van der Waals surface area contributed by atoms with Crippen LogP contribution in [0, 0.1) is 6.92 Å². The summed E-state index contributed by atoms with van der Waals surface area (Å²) < 4.78 is 12.3. The molecule has 0 spiro atoms. The summed E-state index contributed by atoms with van der Waals surface area (Å²) >= 11 is 0. The molecule has 1 aromatic carbocycles. The van der Waals surface area contributed by atoms with Crippen LogP contribution in [0.4, 0.5) is 0 Å². The molecular formula is C16H21N3O3. The van der Waals surface area contributed by atoms with Crippen LogP contribution >= 0.6 is 0 Å². The molecule has 0 aliphatic rings. The lowest BCUT2D eigenvalue weighted by Crippen LogP contribution is -2.37. The Bertz CT molecular complexity index is 745. The molecule has 6 nitrogen and oxygen atoms in total. The van der Waals surface area contributed by atoms with Crippen molar-refractivity contribution in [3.63, 3.8) is 0 Å². The fourth-order valence-electron chi connectivity index (χ4n) is 2.20. The van der Waals surface area contributed by atoms with Gasteiger partial charge in [0.25, 0.3) is 0 Å². The molecule has 2 rings (SSSR count). The van der Waals surface area contributed by atoms with Crippen LogP contribution in [0.3, 0.4) is 0 Å². The molecule has 0 unspecified atom stereocenters. The monoisotopic (exact) mass is 303 g/mol. The molecule has 1 aromatic heterocycles. The number of ether oxygens (including phenoxy) is 2. The first-order valence-corrected chi connectivity index (χ1v) is 6.90. The topological polar surface area (TPSA) is 79.4 Å². The van der Waals surface area contributed by atoms with E-state index < -0.39 is 5.54 Å². The highest BCUT2D eigenvalue weighted by Gasteiger charge is 2.22. The van der Waals surface area contributed by atoms with Crippen molar-refractivity contribution in [1.29, 1.82) is 0 Å². The van der Waals surface area contributed by atoms with Gasteiger partial charge in [-0.1, -0.05) is 0 Å².